The molecule has 0 aliphatic carbocycles. The van der Waals surface area contributed by atoms with Gasteiger partial charge in [0.2, 0.25) is 0 Å². The van der Waals surface area contributed by atoms with Crippen molar-refractivity contribution in [3.05, 3.63) is 36.2 Å². The van der Waals surface area contributed by atoms with Crippen molar-refractivity contribution < 1.29 is 19.0 Å². The van der Waals surface area contributed by atoms with Gasteiger partial charge >= 0.3 is 6.09 Å². The SMILES string of the molecule is C=C(N=C(CN)C(C)=N)N(Cc1ccc(OC)cc1OC)C(=O)OC(C)(C)C. The first kappa shape index (κ1) is 23.2. The molecule has 1 rings (SSSR count). The number of hydrogen-bond donors (Lipinski definition) is 2. The third-order valence-electron chi connectivity index (χ3n) is 3.64. The van der Waals surface area contributed by atoms with Crippen LogP contribution in [0.15, 0.2) is 35.6 Å². The van der Waals surface area contributed by atoms with Gasteiger partial charge in [-0.15, -0.1) is 0 Å². The van der Waals surface area contributed by atoms with Gasteiger partial charge in [0.25, 0.3) is 0 Å². The zero-order valence-electron chi connectivity index (χ0n) is 17.5. The monoisotopic (exact) mass is 390 g/mol. The molecule has 0 spiro atoms. The first-order valence-corrected chi connectivity index (χ1v) is 8.75. The van der Waals surface area contributed by atoms with E-state index >= 15 is 0 Å². The summed E-state index contributed by atoms with van der Waals surface area (Å²) in [5, 5.41) is 7.75. The number of methoxy groups -OCH3 is 2. The highest BCUT2D eigenvalue weighted by molar-refractivity contribution is 6.41. The number of carbonyl (C=O) groups excluding carboxylic acids is 1. The van der Waals surface area contributed by atoms with Crippen molar-refractivity contribution in [1.29, 1.82) is 5.41 Å². The zero-order valence-corrected chi connectivity index (χ0v) is 17.5. The van der Waals surface area contributed by atoms with Crippen LogP contribution in [0.3, 0.4) is 0 Å². The average Bonchev–Trinajstić information content (AvgIpc) is 2.61. The van der Waals surface area contributed by atoms with Crippen molar-refractivity contribution in [2.45, 2.75) is 39.8 Å². The Morgan fingerprint density at radius 2 is 1.93 bits per heavy atom. The number of aliphatic imine (C=N–C) groups is 1. The van der Waals surface area contributed by atoms with Crippen molar-refractivity contribution in [2.24, 2.45) is 10.7 Å². The fourth-order valence-electron chi connectivity index (χ4n) is 2.23. The number of amides is 1. The standard InChI is InChI=1S/C20H30N4O4/c1-13(22)17(11-21)23-14(2)24(19(25)28-20(3,4)5)12-15-8-9-16(26-6)10-18(15)27-7/h8-10,22H,2,11-12,21H2,1,3-7H3. The molecule has 0 aliphatic rings. The summed E-state index contributed by atoms with van der Waals surface area (Å²) >= 11 is 0. The molecule has 0 unspecified atom stereocenters. The molecule has 0 saturated heterocycles. The van der Waals surface area contributed by atoms with Gasteiger partial charge in [-0.2, -0.15) is 0 Å². The van der Waals surface area contributed by atoms with E-state index in [1.807, 2.05) is 0 Å². The molecule has 0 bridgehead atoms. The van der Waals surface area contributed by atoms with Crippen LogP contribution in [0.2, 0.25) is 0 Å². The Labute approximate surface area is 166 Å². The molecule has 1 aromatic carbocycles. The van der Waals surface area contributed by atoms with Crippen LogP contribution >= 0.6 is 0 Å². The van der Waals surface area contributed by atoms with Gasteiger partial charge in [-0.3, -0.25) is 4.90 Å². The summed E-state index contributed by atoms with van der Waals surface area (Å²) in [4.78, 5) is 18.3. The van der Waals surface area contributed by atoms with E-state index in [9.17, 15) is 4.79 Å². The molecule has 0 aliphatic heterocycles. The fourth-order valence-corrected chi connectivity index (χ4v) is 2.23. The molecule has 0 heterocycles. The normalized spacial score (nSPS) is 11.6. The van der Waals surface area contributed by atoms with Crippen LogP contribution in [0, 0.1) is 5.41 Å². The molecule has 8 heteroatoms. The Kier molecular flexibility index (Phi) is 8.18. The highest BCUT2D eigenvalue weighted by Crippen LogP contribution is 2.27. The molecule has 0 atom stereocenters. The number of benzene rings is 1. The predicted molar refractivity (Wildman–Crippen MR) is 110 cm³/mol. The third-order valence-corrected chi connectivity index (χ3v) is 3.64. The number of nitrogens with zero attached hydrogens (tertiary/aromatic N) is 2. The summed E-state index contributed by atoms with van der Waals surface area (Å²) in [6, 6.07) is 5.28. The minimum atomic E-state index is -0.697. The quantitative estimate of drug-likeness (QED) is 0.661. The maximum atomic E-state index is 12.8. The lowest BCUT2D eigenvalue weighted by atomic mass is 10.1. The summed E-state index contributed by atoms with van der Waals surface area (Å²) in [7, 11) is 3.10. The highest BCUT2D eigenvalue weighted by atomic mass is 16.6. The summed E-state index contributed by atoms with van der Waals surface area (Å²) in [6.07, 6.45) is -0.613. The van der Waals surface area contributed by atoms with Crippen LogP contribution in [0.25, 0.3) is 0 Å². The molecule has 28 heavy (non-hydrogen) atoms. The van der Waals surface area contributed by atoms with Crippen LogP contribution in [0.1, 0.15) is 33.3 Å². The molecule has 154 valence electrons. The van der Waals surface area contributed by atoms with Gasteiger partial charge in [-0.05, 0) is 39.8 Å². The Hall–Kier alpha value is -2.87. The lowest BCUT2D eigenvalue weighted by Gasteiger charge is -2.28. The van der Waals surface area contributed by atoms with Crippen molar-refractivity contribution in [3.63, 3.8) is 0 Å². The first-order chi connectivity index (χ1) is 13.0. The van der Waals surface area contributed by atoms with Gasteiger partial charge in [-0.25, -0.2) is 9.79 Å². The molecule has 1 amide bonds. The molecule has 0 saturated carbocycles. The van der Waals surface area contributed by atoms with Crippen molar-refractivity contribution in [1.82, 2.24) is 4.90 Å². The summed E-state index contributed by atoms with van der Waals surface area (Å²) in [5.74, 6) is 1.30. The summed E-state index contributed by atoms with van der Waals surface area (Å²) in [6.45, 7) is 10.9. The topological polar surface area (TPSA) is 110 Å². The Bertz CT molecular complexity index is 766. The maximum absolute atomic E-state index is 12.8. The zero-order chi connectivity index (χ0) is 21.5. The Morgan fingerprint density at radius 3 is 2.39 bits per heavy atom. The van der Waals surface area contributed by atoms with E-state index in [1.165, 1.54) is 12.0 Å². The smallest absolute Gasteiger partial charge is 0.416 e. The first-order valence-electron chi connectivity index (χ1n) is 8.75. The summed E-state index contributed by atoms with van der Waals surface area (Å²) < 4.78 is 16.1. The molecule has 1 aromatic rings. The summed E-state index contributed by atoms with van der Waals surface area (Å²) in [5.41, 5.74) is 6.20. The van der Waals surface area contributed by atoms with Crippen LogP contribution in [-0.2, 0) is 11.3 Å². The number of nitrogens with one attached hydrogen (secondary N) is 1. The lowest BCUT2D eigenvalue weighted by Crippen LogP contribution is -2.36. The van der Waals surface area contributed by atoms with Crippen LogP contribution in [0.5, 0.6) is 11.5 Å². The lowest BCUT2D eigenvalue weighted by molar-refractivity contribution is 0.0299. The predicted octanol–water partition coefficient (Wildman–Crippen LogP) is 3.35. The second kappa shape index (κ2) is 9.89. The van der Waals surface area contributed by atoms with Crippen molar-refractivity contribution in [2.75, 3.05) is 20.8 Å². The number of ether oxygens (including phenoxy) is 3. The van der Waals surface area contributed by atoms with E-state index in [1.54, 1.807) is 53.0 Å². The van der Waals surface area contributed by atoms with E-state index in [2.05, 4.69) is 11.6 Å². The van der Waals surface area contributed by atoms with Gasteiger partial charge in [0.1, 0.15) is 22.9 Å². The molecule has 3 N–H and O–H groups in total. The van der Waals surface area contributed by atoms with Gasteiger partial charge < -0.3 is 25.4 Å². The molecule has 0 aromatic heterocycles. The minimum absolute atomic E-state index is 0.0579. The second-order valence-electron chi connectivity index (χ2n) is 7.05. The van der Waals surface area contributed by atoms with Gasteiger partial charge in [0.05, 0.1) is 32.2 Å². The number of hydrogen-bond acceptors (Lipinski definition) is 7. The molecular weight excluding hydrogens is 360 g/mol. The molecule has 0 radical (unpaired) electrons. The van der Waals surface area contributed by atoms with Crippen LogP contribution in [0.4, 0.5) is 4.79 Å². The van der Waals surface area contributed by atoms with E-state index in [4.69, 9.17) is 25.4 Å². The minimum Gasteiger partial charge on any atom is -0.497 e. The van der Waals surface area contributed by atoms with E-state index in [0.717, 1.165) is 0 Å². The average molecular weight is 390 g/mol. The fraction of sp³-hybridized carbons (Fsp3) is 0.450. The number of nitrogens with two attached hydrogens (primary N) is 1. The van der Waals surface area contributed by atoms with E-state index in [0.29, 0.717) is 22.8 Å². The second-order valence-corrected chi connectivity index (χ2v) is 7.05. The third kappa shape index (κ3) is 6.70. The van der Waals surface area contributed by atoms with Crippen LogP contribution < -0.4 is 15.2 Å². The van der Waals surface area contributed by atoms with Crippen molar-refractivity contribution in [3.8, 4) is 11.5 Å². The van der Waals surface area contributed by atoms with Crippen molar-refractivity contribution >= 4 is 17.5 Å². The maximum Gasteiger partial charge on any atom is 0.416 e. The van der Waals surface area contributed by atoms with Crippen LogP contribution in [-0.4, -0.2) is 48.8 Å². The van der Waals surface area contributed by atoms with E-state index in [-0.39, 0.29) is 24.6 Å². The molecular formula is C20H30N4O4. The molecule has 8 nitrogen and oxygen atoms in total. The van der Waals surface area contributed by atoms with Gasteiger partial charge in [0, 0.05) is 18.2 Å². The number of rotatable bonds is 8. The Morgan fingerprint density at radius 1 is 1.29 bits per heavy atom. The Balaban J connectivity index is 3.30. The van der Waals surface area contributed by atoms with Gasteiger partial charge in [0.15, 0.2) is 0 Å². The highest BCUT2D eigenvalue weighted by Gasteiger charge is 2.25. The number of carbonyl (C=O) groups is 1. The molecule has 0 fully saturated rings. The van der Waals surface area contributed by atoms with E-state index < -0.39 is 11.7 Å². The van der Waals surface area contributed by atoms with Gasteiger partial charge in [-0.1, -0.05) is 6.58 Å². The largest absolute Gasteiger partial charge is 0.497 e.